The highest BCUT2D eigenvalue weighted by Crippen LogP contribution is 2.29. The van der Waals surface area contributed by atoms with Crippen LogP contribution in [0.5, 0.6) is 0 Å². The number of aryl methyl sites for hydroxylation is 2. The minimum absolute atomic E-state index is 0.0751. The summed E-state index contributed by atoms with van der Waals surface area (Å²) in [5.41, 5.74) is 10.2. The van der Waals surface area contributed by atoms with E-state index in [2.05, 4.69) is 59.4 Å². The molecular formula is C14H16BrNS. The molecule has 1 atom stereocenters. The molecule has 0 saturated heterocycles. The molecule has 0 spiro atoms. The van der Waals surface area contributed by atoms with Gasteiger partial charge >= 0.3 is 0 Å². The van der Waals surface area contributed by atoms with Crippen molar-refractivity contribution >= 4 is 27.3 Å². The van der Waals surface area contributed by atoms with Crippen LogP contribution in [0.1, 0.15) is 27.6 Å². The number of hydrogen-bond acceptors (Lipinski definition) is 2. The van der Waals surface area contributed by atoms with Gasteiger partial charge in [-0.25, -0.2) is 0 Å². The van der Waals surface area contributed by atoms with E-state index in [0.29, 0.717) is 0 Å². The van der Waals surface area contributed by atoms with Gasteiger partial charge in [0.2, 0.25) is 0 Å². The Morgan fingerprint density at radius 2 is 1.88 bits per heavy atom. The fourth-order valence-electron chi connectivity index (χ4n) is 2.18. The zero-order valence-corrected chi connectivity index (χ0v) is 12.4. The molecule has 1 unspecified atom stereocenters. The Kier molecular flexibility index (Phi) is 4.02. The average molecular weight is 310 g/mol. The quantitative estimate of drug-likeness (QED) is 0.895. The van der Waals surface area contributed by atoms with E-state index in [-0.39, 0.29) is 6.04 Å². The minimum Gasteiger partial charge on any atom is -0.324 e. The number of halogens is 1. The normalized spacial score (nSPS) is 12.7. The molecule has 1 heterocycles. The van der Waals surface area contributed by atoms with Crippen LogP contribution in [0, 0.1) is 13.8 Å². The summed E-state index contributed by atoms with van der Waals surface area (Å²) in [6, 6.07) is 8.50. The smallest absolute Gasteiger partial charge is 0.0349 e. The van der Waals surface area contributed by atoms with E-state index < -0.39 is 0 Å². The maximum atomic E-state index is 6.34. The summed E-state index contributed by atoms with van der Waals surface area (Å²) in [5.74, 6) is 0. The summed E-state index contributed by atoms with van der Waals surface area (Å²) < 4.78 is 1.17. The van der Waals surface area contributed by atoms with Gasteiger partial charge in [0.15, 0.2) is 0 Å². The lowest BCUT2D eigenvalue weighted by molar-refractivity contribution is 0.717. The van der Waals surface area contributed by atoms with Gasteiger partial charge < -0.3 is 5.73 Å². The van der Waals surface area contributed by atoms with Gasteiger partial charge in [-0.2, -0.15) is 0 Å². The number of rotatable bonds is 3. The lowest BCUT2D eigenvalue weighted by Crippen LogP contribution is -2.15. The van der Waals surface area contributed by atoms with E-state index in [4.69, 9.17) is 5.73 Å². The van der Waals surface area contributed by atoms with Crippen molar-refractivity contribution < 1.29 is 0 Å². The van der Waals surface area contributed by atoms with E-state index in [0.717, 1.165) is 6.42 Å². The molecular weight excluding hydrogens is 294 g/mol. The standard InChI is InChI=1S/C14H16BrNS/c1-9-4-3-5-10(2)14(9)12(16)8-13-11(15)6-7-17-13/h3-7,12H,8,16H2,1-2H3. The maximum absolute atomic E-state index is 6.34. The Hall–Kier alpha value is -0.640. The highest BCUT2D eigenvalue weighted by Gasteiger charge is 2.14. The second-order valence-electron chi connectivity index (χ2n) is 4.31. The third-order valence-electron chi connectivity index (χ3n) is 3.01. The second kappa shape index (κ2) is 5.34. The summed E-state index contributed by atoms with van der Waals surface area (Å²) in [6.45, 7) is 4.26. The van der Waals surface area contributed by atoms with Crippen LogP contribution in [0.25, 0.3) is 0 Å². The lowest BCUT2D eigenvalue weighted by Gasteiger charge is -2.17. The molecule has 0 aliphatic heterocycles. The predicted molar refractivity (Wildman–Crippen MR) is 78.6 cm³/mol. The molecule has 3 heteroatoms. The third-order valence-corrected chi connectivity index (χ3v) is 4.96. The number of hydrogen-bond donors (Lipinski definition) is 1. The Morgan fingerprint density at radius 3 is 2.41 bits per heavy atom. The zero-order valence-electron chi connectivity index (χ0n) is 10.0. The van der Waals surface area contributed by atoms with Crippen molar-refractivity contribution in [2.24, 2.45) is 5.73 Å². The molecule has 2 rings (SSSR count). The van der Waals surface area contributed by atoms with E-state index in [1.165, 1.54) is 26.0 Å². The van der Waals surface area contributed by atoms with Crippen LogP contribution < -0.4 is 5.73 Å². The molecule has 0 saturated carbocycles. The molecule has 1 nitrogen and oxygen atoms in total. The highest BCUT2D eigenvalue weighted by molar-refractivity contribution is 9.10. The van der Waals surface area contributed by atoms with Crippen molar-refractivity contribution in [1.29, 1.82) is 0 Å². The van der Waals surface area contributed by atoms with Crippen molar-refractivity contribution in [3.05, 3.63) is 55.7 Å². The molecule has 1 aromatic heterocycles. The first kappa shape index (κ1) is 12.8. The Bertz CT molecular complexity index is 498. The van der Waals surface area contributed by atoms with Crippen LogP contribution in [0.4, 0.5) is 0 Å². The van der Waals surface area contributed by atoms with Gasteiger partial charge in [0.25, 0.3) is 0 Å². The summed E-state index contributed by atoms with van der Waals surface area (Å²) in [6.07, 6.45) is 0.893. The summed E-state index contributed by atoms with van der Waals surface area (Å²) in [7, 11) is 0. The van der Waals surface area contributed by atoms with Gasteiger partial charge in [-0.1, -0.05) is 18.2 Å². The topological polar surface area (TPSA) is 26.0 Å². The molecule has 0 aliphatic rings. The van der Waals surface area contributed by atoms with Crippen LogP contribution in [0.2, 0.25) is 0 Å². The molecule has 17 heavy (non-hydrogen) atoms. The fraction of sp³-hybridized carbons (Fsp3) is 0.286. The van der Waals surface area contributed by atoms with Crippen molar-refractivity contribution in [3.63, 3.8) is 0 Å². The van der Waals surface area contributed by atoms with Crippen LogP contribution >= 0.6 is 27.3 Å². The van der Waals surface area contributed by atoms with E-state index >= 15 is 0 Å². The van der Waals surface area contributed by atoms with Crippen molar-refractivity contribution in [1.82, 2.24) is 0 Å². The average Bonchev–Trinajstić information content (AvgIpc) is 2.64. The Balaban J connectivity index is 2.26. The summed E-state index contributed by atoms with van der Waals surface area (Å²) in [5, 5.41) is 2.09. The van der Waals surface area contributed by atoms with Crippen LogP contribution in [0.15, 0.2) is 34.1 Å². The van der Waals surface area contributed by atoms with Gasteiger partial charge in [-0.3, -0.25) is 0 Å². The molecule has 0 bridgehead atoms. The molecule has 0 aliphatic carbocycles. The summed E-state index contributed by atoms with van der Waals surface area (Å²) in [4.78, 5) is 1.32. The second-order valence-corrected chi connectivity index (χ2v) is 6.16. The van der Waals surface area contributed by atoms with Gasteiger partial charge in [0.05, 0.1) is 0 Å². The van der Waals surface area contributed by atoms with Crippen molar-refractivity contribution in [2.75, 3.05) is 0 Å². The first-order valence-corrected chi connectivity index (χ1v) is 7.30. The maximum Gasteiger partial charge on any atom is 0.0349 e. The lowest BCUT2D eigenvalue weighted by atomic mass is 9.94. The number of nitrogens with two attached hydrogens (primary N) is 1. The van der Waals surface area contributed by atoms with Crippen LogP contribution in [0.3, 0.4) is 0 Å². The Morgan fingerprint density at radius 1 is 1.24 bits per heavy atom. The molecule has 0 radical (unpaired) electrons. The van der Waals surface area contributed by atoms with Gasteiger partial charge in [0.1, 0.15) is 0 Å². The largest absolute Gasteiger partial charge is 0.324 e. The first-order valence-electron chi connectivity index (χ1n) is 5.63. The minimum atomic E-state index is 0.0751. The fourth-order valence-corrected chi connectivity index (χ4v) is 3.76. The number of thiophene rings is 1. The molecule has 90 valence electrons. The SMILES string of the molecule is Cc1cccc(C)c1C(N)Cc1sccc1Br. The molecule has 2 aromatic rings. The van der Waals surface area contributed by atoms with Gasteiger partial charge in [-0.15, -0.1) is 11.3 Å². The monoisotopic (exact) mass is 309 g/mol. The van der Waals surface area contributed by atoms with Crippen LogP contribution in [-0.4, -0.2) is 0 Å². The van der Waals surface area contributed by atoms with Crippen molar-refractivity contribution in [2.45, 2.75) is 26.3 Å². The Labute approximate surface area is 115 Å². The molecule has 0 amide bonds. The highest BCUT2D eigenvalue weighted by atomic mass is 79.9. The third kappa shape index (κ3) is 2.79. The van der Waals surface area contributed by atoms with Crippen LogP contribution in [-0.2, 0) is 6.42 Å². The van der Waals surface area contributed by atoms with E-state index in [1.54, 1.807) is 11.3 Å². The predicted octanol–water partition coefficient (Wildman–Crippen LogP) is 4.37. The molecule has 1 aromatic carbocycles. The van der Waals surface area contributed by atoms with Gasteiger partial charge in [-0.05, 0) is 57.9 Å². The van der Waals surface area contributed by atoms with E-state index in [1.807, 2.05) is 0 Å². The zero-order chi connectivity index (χ0) is 12.4. The first-order chi connectivity index (χ1) is 8.09. The number of benzene rings is 1. The molecule has 2 N–H and O–H groups in total. The molecule has 0 fully saturated rings. The van der Waals surface area contributed by atoms with E-state index in [9.17, 15) is 0 Å². The van der Waals surface area contributed by atoms with Gasteiger partial charge in [0, 0.05) is 21.8 Å². The summed E-state index contributed by atoms with van der Waals surface area (Å²) >= 11 is 5.32. The van der Waals surface area contributed by atoms with Crippen molar-refractivity contribution in [3.8, 4) is 0 Å².